The van der Waals surface area contributed by atoms with Crippen LogP contribution < -0.4 is 9.47 Å². The minimum Gasteiger partial charge on any atom is -0.496 e. The zero-order valence-electron chi connectivity index (χ0n) is 15.8. The average Bonchev–Trinajstić information content (AvgIpc) is 2.63. The van der Waals surface area contributed by atoms with E-state index in [0.29, 0.717) is 0 Å². The van der Waals surface area contributed by atoms with Crippen molar-refractivity contribution in [3.63, 3.8) is 0 Å². The molecule has 1 aromatic heterocycles. The van der Waals surface area contributed by atoms with Gasteiger partial charge in [0.2, 0.25) is 0 Å². The molecule has 1 aliphatic heterocycles. The number of benzene rings is 1. The second-order valence-corrected chi connectivity index (χ2v) is 6.32. The van der Waals surface area contributed by atoms with Crippen molar-refractivity contribution in [3.05, 3.63) is 59.4 Å². The van der Waals surface area contributed by atoms with Gasteiger partial charge in [-0.15, -0.1) is 24.8 Å². The largest absolute Gasteiger partial charge is 0.496 e. The molecule has 3 rings (SSSR count). The lowest BCUT2D eigenvalue weighted by Crippen LogP contribution is -2.12. The quantitative estimate of drug-likeness (QED) is 0.665. The van der Waals surface area contributed by atoms with E-state index in [1.165, 1.54) is 5.57 Å². The lowest BCUT2D eigenvalue weighted by atomic mass is 9.94. The monoisotopic (exact) mass is 408 g/mol. The highest BCUT2D eigenvalue weighted by Gasteiger charge is 2.15. The zero-order chi connectivity index (χ0) is 17.6. The van der Waals surface area contributed by atoms with Crippen LogP contribution in [0.5, 0.6) is 11.5 Å². The van der Waals surface area contributed by atoms with Crippen LogP contribution in [0.4, 0.5) is 0 Å². The van der Waals surface area contributed by atoms with Crippen LogP contribution in [0.3, 0.4) is 0 Å². The fourth-order valence-corrected chi connectivity index (χ4v) is 2.94. The molecular weight excluding hydrogens is 383 g/mol. The summed E-state index contributed by atoms with van der Waals surface area (Å²) in [7, 11) is 1.69. The van der Waals surface area contributed by atoms with Crippen molar-refractivity contribution in [1.29, 1.82) is 0 Å². The van der Waals surface area contributed by atoms with Gasteiger partial charge in [0, 0.05) is 36.1 Å². The van der Waals surface area contributed by atoms with E-state index in [9.17, 15) is 0 Å². The number of methoxy groups -OCH3 is 1. The molecule has 0 saturated carbocycles. The van der Waals surface area contributed by atoms with Crippen LogP contribution >= 0.6 is 24.8 Å². The summed E-state index contributed by atoms with van der Waals surface area (Å²) in [5.74, 6) is 1.63. The van der Waals surface area contributed by atoms with E-state index in [1.54, 1.807) is 13.3 Å². The van der Waals surface area contributed by atoms with Gasteiger partial charge in [-0.05, 0) is 62.6 Å². The lowest BCUT2D eigenvalue weighted by molar-refractivity contribution is 0.241. The summed E-state index contributed by atoms with van der Waals surface area (Å²) >= 11 is 0. The van der Waals surface area contributed by atoms with Crippen molar-refractivity contribution >= 4 is 36.6 Å². The van der Waals surface area contributed by atoms with Crippen LogP contribution in [0.2, 0.25) is 0 Å². The molecule has 0 spiro atoms. The number of hydrogen-bond acceptors (Lipinski definition) is 4. The van der Waals surface area contributed by atoms with Crippen molar-refractivity contribution in [2.24, 2.45) is 4.99 Å². The Balaban J connectivity index is 0.00000182. The molecule has 1 aromatic carbocycles. The molecule has 27 heavy (non-hydrogen) atoms. The van der Waals surface area contributed by atoms with Gasteiger partial charge in [-0.3, -0.25) is 9.98 Å². The third kappa shape index (κ3) is 5.98. The first kappa shape index (κ1) is 23.0. The Kier molecular flexibility index (Phi) is 9.33. The minimum atomic E-state index is 0. The van der Waals surface area contributed by atoms with E-state index in [4.69, 9.17) is 14.5 Å². The molecule has 4 nitrogen and oxygen atoms in total. The van der Waals surface area contributed by atoms with Gasteiger partial charge in [-0.25, -0.2) is 0 Å². The highest BCUT2D eigenvalue weighted by atomic mass is 35.5. The molecule has 0 aliphatic carbocycles. The van der Waals surface area contributed by atoms with Crippen molar-refractivity contribution < 1.29 is 9.47 Å². The Bertz CT molecular complexity index is 790. The summed E-state index contributed by atoms with van der Waals surface area (Å²) in [6.07, 6.45) is 8.02. The predicted molar refractivity (Wildman–Crippen MR) is 116 cm³/mol. The molecule has 0 fully saturated rings. The molecule has 6 heteroatoms. The summed E-state index contributed by atoms with van der Waals surface area (Å²) in [5.41, 5.74) is 4.35. The zero-order valence-corrected chi connectivity index (χ0v) is 17.5. The second-order valence-electron chi connectivity index (χ2n) is 6.32. The molecule has 0 saturated heterocycles. The summed E-state index contributed by atoms with van der Waals surface area (Å²) in [6, 6.07) is 9.97. The first-order chi connectivity index (χ1) is 12.2. The standard InChI is InChI=1S/C21H24N2O2.2ClH/c1-15(2)25-19-9-8-16(20(13-19)24-3)12-17-6-5-11-23-21(17)18-7-4-10-22-14-18;;/h4,7-10,12-15H,5-6,11H2,1-3H3;2*1H/b17-12+;;. The van der Waals surface area contributed by atoms with E-state index < -0.39 is 0 Å². The molecule has 2 aromatic rings. The first-order valence-corrected chi connectivity index (χ1v) is 8.68. The Morgan fingerprint density at radius 2 is 1.96 bits per heavy atom. The van der Waals surface area contributed by atoms with Gasteiger partial charge in [0.1, 0.15) is 11.5 Å². The summed E-state index contributed by atoms with van der Waals surface area (Å²) < 4.78 is 11.3. The fraction of sp³-hybridized carbons (Fsp3) is 0.333. The number of aromatic nitrogens is 1. The Morgan fingerprint density at radius 1 is 1.15 bits per heavy atom. The second kappa shape index (κ2) is 11.0. The molecule has 0 atom stereocenters. The van der Waals surface area contributed by atoms with E-state index >= 15 is 0 Å². The van der Waals surface area contributed by atoms with Crippen LogP contribution in [-0.2, 0) is 0 Å². The van der Waals surface area contributed by atoms with Crippen LogP contribution in [0.15, 0.2) is 53.3 Å². The highest BCUT2D eigenvalue weighted by Crippen LogP contribution is 2.30. The third-order valence-electron chi connectivity index (χ3n) is 4.02. The number of halogens is 2. The smallest absolute Gasteiger partial charge is 0.129 e. The van der Waals surface area contributed by atoms with Gasteiger partial charge in [0.15, 0.2) is 0 Å². The third-order valence-corrected chi connectivity index (χ3v) is 4.02. The highest BCUT2D eigenvalue weighted by molar-refractivity contribution is 6.15. The summed E-state index contributed by atoms with van der Waals surface area (Å²) in [6.45, 7) is 4.89. The van der Waals surface area contributed by atoms with Crippen molar-refractivity contribution in [1.82, 2.24) is 4.98 Å². The van der Waals surface area contributed by atoms with Gasteiger partial charge in [-0.2, -0.15) is 0 Å². The average molecular weight is 409 g/mol. The predicted octanol–water partition coefficient (Wildman–Crippen LogP) is 5.39. The molecular formula is C21H26Cl2N2O2. The Labute approximate surface area is 173 Å². The van der Waals surface area contributed by atoms with Crippen LogP contribution in [-0.4, -0.2) is 30.5 Å². The van der Waals surface area contributed by atoms with Gasteiger partial charge in [0.05, 0.1) is 18.9 Å². The van der Waals surface area contributed by atoms with E-state index in [-0.39, 0.29) is 30.9 Å². The van der Waals surface area contributed by atoms with Crippen molar-refractivity contribution in [2.45, 2.75) is 32.8 Å². The van der Waals surface area contributed by atoms with Crippen molar-refractivity contribution in [2.75, 3.05) is 13.7 Å². The molecule has 1 aliphatic rings. The van der Waals surface area contributed by atoms with E-state index in [2.05, 4.69) is 17.1 Å². The van der Waals surface area contributed by atoms with E-state index in [1.807, 2.05) is 44.3 Å². The van der Waals surface area contributed by atoms with Gasteiger partial charge in [0.25, 0.3) is 0 Å². The van der Waals surface area contributed by atoms with Gasteiger partial charge < -0.3 is 9.47 Å². The lowest BCUT2D eigenvalue weighted by Gasteiger charge is -2.17. The summed E-state index contributed by atoms with van der Waals surface area (Å²) in [5, 5.41) is 0. The maximum Gasteiger partial charge on any atom is 0.129 e. The fourth-order valence-electron chi connectivity index (χ4n) is 2.94. The number of hydrogen-bond donors (Lipinski definition) is 0. The number of nitrogens with zero attached hydrogens (tertiary/aromatic N) is 2. The normalized spacial score (nSPS) is 14.8. The molecule has 0 unspecified atom stereocenters. The molecule has 0 radical (unpaired) electrons. The van der Waals surface area contributed by atoms with Crippen LogP contribution in [0.1, 0.15) is 37.8 Å². The molecule has 2 heterocycles. The summed E-state index contributed by atoms with van der Waals surface area (Å²) in [4.78, 5) is 8.96. The maximum atomic E-state index is 5.76. The number of allylic oxidation sites excluding steroid dienone is 1. The number of rotatable bonds is 5. The van der Waals surface area contributed by atoms with Crippen LogP contribution in [0, 0.1) is 0 Å². The molecule has 0 bridgehead atoms. The first-order valence-electron chi connectivity index (χ1n) is 8.68. The Hall–Kier alpha value is -2.04. The number of pyridine rings is 1. The van der Waals surface area contributed by atoms with Crippen molar-refractivity contribution in [3.8, 4) is 11.5 Å². The SMILES string of the molecule is COc1cc(OC(C)C)ccc1/C=C1\CCCN=C1c1cccnc1.Cl.Cl. The number of ether oxygens (including phenoxy) is 2. The topological polar surface area (TPSA) is 43.7 Å². The van der Waals surface area contributed by atoms with E-state index in [0.717, 1.165) is 47.7 Å². The molecule has 0 amide bonds. The van der Waals surface area contributed by atoms with Gasteiger partial charge >= 0.3 is 0 Å². The van der Waals surface area contributed by atoms with Gasteiger partial charge in [-0.1, -0.05) is 0 Å². The van der Waals surface area contributed by atoms with Crippen LogP contribution in [0.25, 0.3) is 6.08 Å². The molecule has 146 valence electrons. The Morgan fingerprint density at radius 3 is 2.63 bits per heavy atom. The maximum absolute atomic E-state index is 5.76. The molecule has 0 N–H and O–H groups in total. The number of aliphatic imine (C=N–C) groups is 1. The minimum absolute atomic E-state index is 0.